The topological polar surface area (TPSA) is 150 Å². The molecule has 2 aliphatic rings. The number of hydrogen-bond donors (Lipinski definition) is 7. The van der Waals surface area contributed by atoms with Gasteiger partial charge in [-0.15, -0.1) is 0 Å². The first-order chi connectivity index (χ1) is 26.5. The van der Waals surface area contributed by atoms with Crippen LogP contribution in [0, 0.1) is 11.8 Å². The van der Waals surface area contributed by atoms with Crippen LogP contribution in [-0.2, 0) is 16.6 Å². The number of aliphatic carboxylic acids is 1. The molecule has 302 valence electrons. The van der Waals surface area contributed by atoms with E-state index in [9.17, 15) is 35.4 Å². The van der Waals surface area contributed by atoms with Gasteiger partial charge in [0.1, 0.15) is 5.75 Å². The second kappa shape index (κ2) is 22.3. The number of rotatable bonds is 19. The van der Waals surface area contributed by atoms with E-state index in [1.165, 1.54) is 0 Å². The normalized spacial score (nSPS) is 21.3. The minimum atomic E-state index is -1.30. The Bertz CT molecular complexity index is 1590. The Morgan fingerprint density at radius 2 is 1.71 bits per heavy atom. The van der Waals surface area contributed by atoms with Crippen LogP contribution in [0.3, 0.4) is 0 Å². The molecule has 8 heteroatoms. The number of phenols is 1. The van der Waals surface area contributed by atoms with Crippen LogP contribution in [-0.4, -0.2) is 73.1 Å². The number of allylic oxidation sites excluding steroid dienone is 2. The van der Waals surface area contributed by atoms with E-state index >= 15 is 0 Å². The number of fused-ring (bicyclic) bond motifs is 1. The fourth-order valence-electron chi connectivity index (χ4n) is 8.83. The number of phenolic OH excluding ortho intramolecular Hbond substituents is 1. The Hall–Kier alpha value is -3.45. The van der Waals surface area contributed by atoms with E-state index in [4.69, 9.17) is 0 Å². The maximum absolute atomic E-state index is 13.2. The number of carboxylic acids is 1. The molecule has 0 aromatic heterocycles. The van der Waals surface area contributed by atoms with Crippen LogP contribution in [0.25, 0.3) is 0 Å². The van der Waals surface area contributed by atoms with E-state index in [0.717, 1.165) is 98.5 Å². The average Bonchev–Trinajstić information content (AvgIpc) is 3.17. The maximum atomic E-state index is 13.2. The molecular formula is C47H67NO7. The van der Waals surface area contributed by atoms with Crippen molar-refractivity contribution >= 4 is 5.97 Å². The largest absolute Gasteiger partial charge is 0.508 e. The number of nitrogens with one attached hydrogen (secondary N) is 1. The summed E-state index contributed by atoms with van der Waals surface area (Å²) >= 11 is 0. The summed E-state index contributed by atoms with van der Waals surface area (Å²) in [6, 6.07) is 14.6. The van der Waals surface area contributed by atoms with E-state index in [1.54, 1.807) is 12.1 Å². The molecule has 0 radical (unpaired) electrons. The summed E-state index contributed by atoms with van der Waals surface area (Å²) in [5.41, 5.74) is 3.04. The molecular weight excluding hydrogens is 691 g/mol. The highest BCUT2D eigenvalue weighted by Crippen LogP contribution is 2.49. The molecule has 55 heavy (non-hydrogen) atoms. The molecule has 2 aromatic carbocycles. The van der Waals surface area contributed by atoms with Crippen LogP contribution in [0.1, 0.15) is 146 Å². The third kappa shape index (κ3) is 12.8. The van der Waals surface area contributed by atoms with Gasteiger partial charge in [0.05, 0.1) is 24.4 Å². The molecule has 0 spiro atoms. The quantitative estimate of drug-likeness (QED) is 0.0563. The highest BCUT2D eigenvalue weighted by atomic mass is 16.4. The molecule has 1 saturated carbocycles. The first kappa shape index (κ1) is 44.3. The monoisotopic (exact) mass is 757 g/mol. The van der Waals surface area contributed by atoms with Gasteiger partial charge < -0.3 is 36.0 Å². The van der Waals surface area contributed by atoms with Gasteiger partial charge in [-0.05, 0) is 98.8 Å². The average molecular weight is 758 g/mol. The number of aliphatic hydroxyl groups is 4. The van der Waals surface area contributed by atoms with E-state index in [1.807, 2.05) is 49.4 Å². The summed E-state index contributed by atoms with van der Waals surface area (Å²) in [6.07, 6.45) is 16.2. The van der Waals surface area contributed by atoms with Crippen LogP contribution >= 0.6 is 0 Å². The lowest BCUT2D eigenvalue weighted by Gasteiger charge is -2.52. The zero-order valence-electron chi connectivity index (χ0n) is 33.3. The van der Waals surface area contributed by atoms with Gasteiger partial charge in [-0.2, -0.15) is 0 Å². The zero-order chi connectivity index (χ0) is 39.7. The van der Waals surface area contributed by atoms with Gasteiger partial charge in [0, 0.05) is 35.9 Å². The van der Waals surface area contributed by atoms with Crippen molar-refractivity contribution in [3.05, 3.63) is 88.5 Å². The van der Waals surface area contributed by atoms with E-state index in [0.29, 0.717) is 38.5 Å². The first-order valence-electron chi connectivity index (χ1n) is 20.9. The molecule has 0 bridgehead atoms. The Morgan fingerprint density at radius 3 is 2.42 bits per heavy atom. The summed E-state index contributed by atoms with van der Waals surface area (Å²) in [7, 11) is 0. The van der Waals surface area contributed by atoms with Crippen molar-refractivity contribution in [2.24, 2.45) is 0 Å². The molecule has 1 unspecified atom stereocenters. The number of carboxylic acid groups (broad SMARTS) is 1. The molecule has 0 saturated heterocycles. The molecule has 5 atom stereocenters. The number of aliphatic hydroxyl groups excluding tert-OH is 3. The highest BCUT2D eigenvalue weighted by Gasteiger charge is 2.53. The van der Waals surface area contributed by atoms with Crippen molar-refractivity contribution in [1.29, 1.82) is 0 Å². The van der Waals surface area contributed by atoms with Crippen LogP contribution < -0.4 is 5.32 Å². The van der Waals surface area contributed by atoms with E-state index in [2.05, 4.69) is 30.1 Å². The predicted molar refractivity (Wildman–Crippen MR) is 220 cm³/mol. The Kier molecular flexibility index (Phi) is 18.0. The lowest BCUT2D eigenvalue weighted by molar-refractivity contribution is -0.137. The fourth-order valence-corrected chi connectivity index (χ4v) is 8.83. The minimum Gasteiger partial charge on any atom is -0.508 e. The van der Waals surface area contributed by atoms with Crippen molar-refractivity contribution in [3.63, 3.8) is 0 Å². The standard InChI is InChI=1S/C47H67NO7/c1-3-4-8-19-39(50)28-25-37-24-23-36-17-12-11-16-35(36)18-15-21-44(46(2,55)47(31-13-7-14-32-47)38-26-29-40(51)30-27-38)48-43(42(37)33-41(52)34-49)20-9-5-6-10-22-45(53)54/h11-12,16-17,25-30,39,41,43-44,48-52,55H,3-10,13-14,19-24,31-34H2,1-2H3,(H,53,54)/t39-,41-,43-,44?,46+/m0/s1. The highest BCUT2D eigenvalue weighted by molar-refractivity contribution is 5.66. The Balaban J connectivity index is 1.88. The summed E-state index contributed by atoms with van der Waals surface area (Å²) in [4.78, 5) is 11.2. The molecule has 1 aliphatic heterocycles. The predicted octanol–water partition coefficient (Wildman–Crippen LogP) is 8.02. The number of carbonyl (C=O) groups is 1. The van der Waals surface area contributed by atoms with Gasteiger partial charge in [-0.25, -0.2) is 0 Å². The molecule has 4 rings (SSSR count). The number of hydrogen-bond acceptors (Lipinski definition) is 7. The van der Waals surface area contributed by atoms with Gasteiger partial charge in [-0.1, -0.05) is 119 Å². The van der Waals surface area contributed by atoms with Crippen molar-refractivity contribution in [1.82, 2.24) is 5.32 Å². The summed E-state index contributed by atoms with van der Waals surface area (Å²) in [5.74, 6) is 6.31. The van der Waals surface area contributed by atoms with Gasteiger partial charge in [-0.3, -0.25) is 4.79 Å². The zero-order valence-corrected chi connectivity index (χ0v) is 33.3. The number of unbranched alkanes of at least 4 members (excludes halogenated alkanes) is 5. The van der Waals surface area contributed by atoms with Gasteiger partial charge >= 0.3 is 5.97 Å². The van der Waals surface area contributed by atoms with Gasteiger partial charge in [0.25, 0.3) is 0 Å². The van der Waals surface area contributed by atoms with E-state index < -0.39 is 41.8 Å². The minimum absolute atomic E-state index is 0.134. The molecule has 1 heterocycles. The molecule has 1 aliphatic carbocycles. The van der Waals surface area contributed by atoms with Gasteiger partial charge in [0.15, 0.2) is 0 Å². The van der Waals surface area contributed by atoms with Crippen LogP contribution in [0.15, 0.2) is 71.8 Å². The molecule has 2 aromatic rings. The number of aromatic hydroxyl groups is 1. The van der Waals surface area contributed by atoms with Crippen molar-refractivity contribution < 1.29 is 35.4 Å². The summed E-state index contributed by atoms with van der Waals surface area (Å²) in [6.45, 7) is 3.68. The summed E-state index contributed by atoms with van der Waals surface area (Å²) in [5, 5.41) is 68.9. The van der Waals surface area contributed by atoms with Crippen molar-refractivity contribution in [2.75, 3.05) is 6.61 Å². The molecule has 1 fully saturated rings. The van der Waals surface area contributed by atoms with Crippen molar-refractivity contribution in [2.45, 2.75) is 171 Å². The van der Waals surface area contributed by atoms with E-state index in [-0.39, 0.29) is 24.6 Å². The number of aryl methyl sites for hydroxylation is 1. The third-order valence-electron chi connectivity index (χ3n) is 12.1. The second-order valence-electron chi connectivity index (χ2n) is 16.1. The summed E-state index contributed by atoms with van der Waals surface area (Å²) < 4.78 is 0. The second-order valence-corrected chi connectivity index (χ2v) is 16.1. The van der Waals surface area contributed by atoms with Crippen molar-refractivity contribution in [3.8, 4) is 17.6 Å². The molecule has 0 amide bonds. The first-order valence-corrected chi connectivity index (χ1v) is 20.9. The molecule has 7 N–H and O–H groups in total. The molecule has 8 nitrogen and oxygen atoms in total. The van der Waals surface area contributed by atoms with Crippen LogP contribution in [0.5, 0.6) is 5.75 Å². The Labute approximate surface area is 329 Å². The number of benzene rings is 2. The smallest absolute Gasteiger partial charge is 0.303 e. The maximum Gasteiger partial charge on any atom is 0.303 e. The van der Waals surface area contributed by atoms with Crippen LogP contribution in [0.4, 0.5) is 0 Å². The fraction of sp³-hybridized carbons (Fsp3) is 0.596. The Morgan fingerprint density at radius 1 is 0.982 bits per heavy atom. The third-order valence-corrected chi connectivity index (χ3v) is 12.1. The SMILES string of the molecule is CCCCC[C@H](O)C=CC1=C(C[C@H](O)CO)[C@H](CCCCCCC(=O)O)NC([C@@](C)(O)C2(c3ccc(O)cc3)CCCCC2)CC#Cc2ccccc2CC1. The van der Waals surface area contributed by atoms with Crippen LogP contribution in [0.2, 0.25) is 0 Å². The van der Waals surface area contributed by atoms with Gasteiger partial charge in [0.2, 0.25) is 0 Å². The lowest BCUT2D eigenvalue weighted by Crippen LogP contribution is -2.63. The lowest BCUT2D eigenvalue weighted by atomic mass is 9.57.